The molecule has 0 amide bonds. The van der Waals surface area contributed by atoms with Crippen molar-refractivity contribution in [1.29, 1.82) is 0 Å². The molecular formula is C14H20ClNO3. The molecule has 0 unspecified atom stereocenters. The lowest BCUT2D eigenvalue weighted by Gasteiger charge is -2.29. The number of rotatable bonds is 4. The summed E-state index contributed by atoms with van der Waals surface area (Å²) in [6.07, 6.45) is 1.49. The Kier molecular flexibility index (Phi) is 4.91. The van der Waals surface area contributed by atoms with Gasteiger partial charge in [0.1, 0.15) is 0 Å². The van der Waals surface area contributed by atoms with Gasteiger partial charge in [-0.2, -0.15) is 0 Å². The van der Waals surface area contributed by atoms with Crippen molar-refractivity contribution >= 4 is 11.6 Å². The fourth-order valence-corrected chi connectivity index (χ4v) is 2.66. The number of halogens is 1. The Morgan fingerprint density at radius 3 is 2.53 bits per heavy atom. The largest absolute Gasteiger partial charge is 0.493 e. The van der Waals surface area contributed by atoms with Crippen LogP contribution >= 0.6 is 11.6 Å². The number of likely N-dealkylation sites (tertiary alicyclic amines) is 1. The van der Waals surface area contributed by atoms with Crippen molar-refractivity contribution in [2.45, 2.75) is 25.5 Å². The van der Waals surface area contributed by atoms with Gasteiger partial charge in [0.15, 0.2) is 11.5 Å². The zero-order chi connectivity index (χ0) is 13.8. The molecule has 1 aromatic carbocycles. The lowest BCUT2D eigenvalue weighted by Crippen LogP contribution is -2.35. The molecule has 0 aliphatic carbocycles. The number of methoxy groups -OCH3 is 2. The monoisotopic (exact) mass is 285 g/mol. The summed E-state index contributed by atoms with van der Waals surface area (Å²) in [7, 11) is 3.19. The van der Waals surface area contributed by atoms with Crippen molar-refractivity contribution in [3.8, 4) is 11.5 Å². The summed E-state index contributed by atoms with van der Waals surface area (Å²) in [4.78, 5) is 2.29. The molecular weight excluding hydrogens is 266 g/mol. The third-order valence-electron chi connectivity index (χ3n) is 3.52. The van der Waals surface area contributed by atoms with Gasteiger partial charge in [-0.25, -0.2) is 0 Å². The highest BCUT2D eigenvalue weighted by atomic mass is 35.5. The maximum atomic E-state index is 9.51. The summed E-state index contributed by atoms with van der Waals surface area (Å²) >= 11 is 6.36. The number of nitrogens with zero attached hydrogens (tertiary/aromatic N) is 1. The molecule has 106 valence electrons. The Bertz CT molecular complexity index is 431. The maximum absolute atomic E-state index is 9.51. The minimum atomic E-state index is -0.155. The van der Waals surface area contributed by atoms with Crippen LogP contribution < -0.4 is 9.47 Å². The fraction of sp³-hybridized carbons (Fsp3) is 0.571. The van der Waals surface area contributed by atoms with Crippen LogP contribution in [0.4, 0.5) is 0 Å². The van der Waals surface area contributed by atoms with E-state index in [2.05, 4.69) is 4.90 Å². The first-order valence-corrected chi connectivity index (χ1v) is 6.83. The van der Waals surface area contributed by atoms with Crippen LogP contribution in [0.25, 0.3) is 0 Å². The molecule has 5 heteroatoms. The summed E-state index contributed by atoms with van der Waals surface area (Å²) in [6, 6.07) is 3.84. The first-order valence-electron chi connectivity index (χ1n) is 6.45. The molecule has 1 N–H and O–H groups in total. The van der Waals surface area contributed by atoms with Gasteiger partial charge in [-0.1, -0.05) is 17.7 Å². The van der Waals surface area contributed by atoms with E-state index in [0.717, 1.165) is 38.0 Å². The number of hydrogen-bond donors (Lipinski definition) is 1. The van der Waals surface area contributed by atoms with Gasteiger partial charge in [0, 0.05) is 19.6 Å². The number of aliphatic hydroxyl groups is 1. The number of benzene rings is 1. The molecule has 0 bridgehead atoms. The lowest BCUT2D eigenvalue weighted by atomic mass is 10.1. The normalized spacial score (nSPS) is 17.5. The molecule has 1 aliphatic rings. The van der Waals surface area contributed by atoms with Crippen LogP contribution in [0.5, 0.6) is 11.5 Å². The first-order chi connectivity index (χ1) is 9.15. The van der Waals surface area contributed by atoms with E-state index in [1.807, 2.05) is 12.1 Å². The van der Waals surface area contributed by atoms with Crippen molar-refractivity contribution in [3.05, 3.63) is 22.7 Å². The van der Waals surface area contributed by atoms with E-state index in [4.69, 9.17) is 21.1 Å². The Balaban J connectivity index is 2.12. The summed E-state index contributed by atoms with van der Waals surface area (Å²) in [6.45, 7) is 2.56. The highest BCUT2D eigenvalue weighted by molar-refractivity contribution is 6.33. The highest BCUT2D eigenvalue weighted by Crippen LogP contribution is 2.37. The number of piperidine rings is 1. The van der Waals surface area contributed by atoms with Crippen LogP contribution in [0, 0.1) is 0 Å². The summed E-state index contributed by atoms with van der Waals surface area (Å²) in [5, 5.41) is 10.1. The van der Waals surface area contributed by atoms with Crippen LogP contribution in [0.15, 0.2) is 12.1 Å². The van der Waals surface area contributed by atoms with Crippen molar-refractivity contribution in [2.24, 2.45) is 0 Å². The van der Waals surface area contributed by atoms with Gasteiger partial charge in [0.05, 0.1) is 25.3 Å². The molecule has 1 saturated heterocycles. The second kappa shape index (κ2) is 6.46. The van der Waals surface area contributed by atoms with E-state index in [1.54, 1.807) is 14.2 Å². The quantitative estimate of drug-likeness (QED) is 0.922. The molecule has 0 aromatic heterocycles. The van der Waals surface area contributed by atoms with Crippen molar-refractivity contribution < 1.29 is 14.6 Å². The van der Waals surface area contributed by atoms with E-state index in [9.17, 15) is 5.11 Å². The fourth-order valence-electron chi connectivity index (χ4n) is 2.37. The summed E-state index contributed by atoms with van der Waals surface area (Å²) in [5.41, 5.74) is 1.02. The van der Waals surface area contributed by atoms with E-state index in [0.29, 0.717) is 16.5 Å². The lowest BCUT2D eigenvalue weighted by molar-refractivity contribution is 0.0792. The zero-order valence-electron chi connectivity index (χ0n) is 11.4. The van der Waals surface area contributed by atoms with Crippen LogP contribution in [0.2, 0.25) is 5.02 Å². The molecule has 0 spiro atoms. The smallest absolute Gasteiger partial charge is 0.179 e. The molecule has 2 rings (SSSR count). The average Bonchev–Trinajstić information content (AvgIpc) is 2.43. The molecule has 4 nitrogen and oxygen atoms in total. The van der Waals surface area contributed by atoms with Gasteiger partial charge in [-0.3, -0.25) is 4.90 Å². The van der Waals surface area contributed by atoms with E-state index in [-0.39, 0.29) is 6.10 Å². The highest BCUT2D eigenvalue weighted by Gasteiger charge is 2.19. The van der Waals surface area contributed by atoms with E-state index in [1.165, 1.54) is 0 Å². The Morgan fingerprint density at radius 2 is 1.95 bits per heavy atom. The van der Waals surface area contributed by atoms with Gasteiger partial charge in [-0.15, -0.1) is 0 Å². The minimum absolute atomic E-state index is 0.155. The SMILES string of the molecule is COc1ccc(CN2CCC(O)CC2)c(Cl)c1OC. The molecule has 1 aliphatic heterocycles. The molecule has 1 heterocycles. The maximum Gasteiger partial charge on any atom is 0.179 e. The van der Waals surface area contributed by atoms with Crippen LogP contribution in [0.1, 0.15) is 18.4 Å². The second-order valence-corrected chi connectivity index (χ2v) is 5.16. The van der Waals surface area contributed by atoms with Gasteiger partial charge in [0.25, 0.3) is 0 Å². The average molecular weight is 286 g/mol. The number of hydrogen-bond acceptors (Lipinski definition) is 4. The van der Waals surface area contributed by atoms with Gasteiger partial charge >= 0.3 is 0 Å². The molecule has 0 radical (unpaired) electrons. The van der Waals surface area contributed by atoms with Crippen molar-refractivity contribution in [1.82, 2.24) is 4.90 Å². The van der Waals surface area contributed by atoms with Crippen LogP contribution in [0.3, 0.4) is 0 Å². The van der Waals surface area contributed by atoms with Gasteiger partial charge in [0.2, 0.25) is 0 Å². The Labute approximate surface area is 118 Å². The predicted octanol–water partition coefficient (Wildman–Crippen LogP) is 2.31. The van der Waals surface area contributed by atoms with Gasteiger partial charge in [-0.05, 0) is 24.5 Å². The predicted molar refractivity (Wildman–Crippen MR) is 75.1 cm³/mol. The second-order valence-electron chi connectivity index (χ2n) is 4.78. The third kappa shape index (κ3) is 3.32. The van der Waals surface area contributed by atoms with Gasteiger partial charge < -0.3 is 14.6 Å². The van der Waals surface area contributed by atoms with Crippen LogP contribution in [-0.4, -0.2) is 43.4 Å². The third-order valence-corrected chi connectivity index (χ3v) is 3.93. The van der Waals surface area contributed by atoms with Crippen molar-refractivity contribution in [2.75, 3.05) is 27.3 Å². The molecule has 0 atom stereocenters. The molecule has 1 aromatic rings. The van der Waals surface area contributed by atoms with Crippen LogP contribution in [-0.2, 0) is 6.54 Å². The number of ether oxygens (including phenoxy) is 2. The topological polar surface area (TPSA) is 41.9 Å². The first kappa shape index (κ1) is 14.4. The molecule has 1 fully saturated rings. The summed E-state index contributed by atoms with van der Waals surface area (Å²) < 4.78 is 10.5. The van der Waals surface area contributed by atoms with E-state index < -0.39 is 0 Å². The van der Waals surface area contributed by atoms with Crippen molar-refractivity contribution in [3.63, 3.8) is 0 Å². The Morgan fingerprint density at radius 1 is 1.26 bits per heavy atom. The van der Waals surface area contributed by atoms with E-state index >= 15 is 0 Å². The minimum Gasteiger partial charge on any atom is -0.493 e. The summed E-state index contributed by atoms with van der Waals surface area (Å²) in [5.74, 6) is 1.23. The zero-order valence-corrected chi connectivity index (χ0v) is 12.1. The standard InChI is InChI=1S/C14H20ClNO3/c1-18-12-4-3-10(13(15)14(12)19-2)9-16-7-5-11(17)6-8-16/h3-4,11,17H,5-9H2,1-2H3. The Hall–Kier alpha value is -0.970. The number of aliphatic hydroxyl groups excluding tert-OH is 1. The molecule has 0 saturated carbocycles. The molecule has 19 heavy (non-hydrogen) atoms.